The van der Waals surface area contributed by atoms with E-state index in [0.29, 0.717) is 29.8 Å². The van der Waals surface area contributed by atoms with Crippen molar-refractivity contribution < 1.29 is 9.53 Å². The summed E-state index contributed by atoms with van der Waals surface area (Å²) in [5, 5.41) is 3.25. The van der Waals surface area contributed by atoms with E-state index >= 15 is 0 Å². The van der Waals surface area contributed by atoms with Crippen molar-refractivity contribution in [3.05, 3.63) is 94.3 Å². The Morgan fingerprint density at radius 1 is 1.17 bits per heavy atom. The second kappa shape index (κ2) is 8.65. The highest BCUT2D eigenvalue weighted by atomic mass is 16.5. The highest BCUT2D eigenvalue weighted by Gasteiger charge is 2.14. The van der Waals surface area contributed by atoms with E-state index in [0.717, 1.165) is 17.7 Å². The Hall–Kier alpha value is -3.87. The highest BCUT2D eigenvalue weighted by Crippen LogP contribution is 2.21. The predicted molar refractivity (Wildman–Crippen MR) is 115 cm³/mol. The molecule has 2 aromatic heterocycles. The van der Waals surface area contributed by atoms with Crippen LogP contribution in [0.1, 0.15) is 28.4 Å². The molecule has 2 heterocycles. The van der Waals surface area contributed by atoms with Crippen LogP contribution in [0, 0.1) is 0 Å². The number of imidazole rings is 1. The monoisotopic (exact) mass is 402 g/mol. The summed E-state index contributed by atoms with van der Waals surface area (Å²) in [5.74, 6) is 0.178. The van der Waals surface area contributed by atoms with Crippen molar-refractivity contribution in [2.75, 3.05) is 6.61 Å². The number of hydrogen-bond acceptors (Lipinski definition) is 4. The molecule has 0 aliphatic carbocycles. The molecule has 4 aromatic rings. The zero-order valence-corrected chi connectivity index (χ0v) is 16.6. The number of carbonyl (C=O) groups excluding carboxylic acids is 1. The number of benzene rings is 2. The maximum Gasteiger partial charge on any atom is 0.257 e. The minimum Gasteiger partial charge on any atom is -0.492 e. The zero-order valence-electron chi connectivity index (χ0n) is 16.6. The van der Waals surface area contributed by atoms with Gasteiger partial charge in [0.1, 0.15) is 11.3 Å². The molecule has 0 atom stereocenters. The molecule has 0 radical (unpaired) electrons. The summed E-state index contributed by atoms with van der Waals surface area (Å²) >= 11 is 0. The van der Waals surface area contributed by atoms with E-state index in [1.807, 2.05) is 42.0 Å². The third-order valence-electron chi connectivity index (χ3n) is 4.82. The number of amides is 1. The maximum atomic E-state index is 12.8. The van der Waals surface area contributed by atoms with E-state index in [1.54, 1.807) is 30.7 Å². The van der Waals surface area contributed by atoms with E-state index in [4.69, 9.17) is 4.74 Å². The van der Waals surface area contributed by atoms with E-state index in [-0.39, 0.29) is 11.0 Å². The number of nitrogens with zero attached hydrogens (tertiary/aromatic N) is 2. The topological polar surface area (TPSA) is 89.0 Å². The van der Waals surface area contributed by atoms with Gasteiger partial charge < -0.3 is 19.6 Å². The molecule has 7 heteroatoms. The van der Waals surface area contributed by atoms with Gasteiger partial charge in [-0.25, -0.2) is 4.98 Å². The van der Waals surface area contributed by atoms with Crippen LogP contribution in [0.5, 0.6) is 5.75 Å². The van der Waals surface area contributed by atoms with E-state index in [1.165, 1.54) is 6.20 Å². The zero-order chi connectivity index (χ0) is 20.9. The van der Waals surface area contributed by atoms with Crippen LogP contribution < -0.4 is 15.5 Å². The molecule has 1 amide bonds. The molecule has 2 N–H and O–H groups in total. The van der Waals surface area contributed by atoms with Crippen LogP contribution in [-0.4, -0.2) is 27.0 Å². The van der Waals surface area contributed by atoms with Crippen molar-refractivity contribution in [3.63, 3.8) is 0 Å². The fraction of sp³-hybridized carbons (Fsp3) is 0.174. The molecule has 7 nitrogen and oxygen atoms in total. The molecule has 0 spiro atoms. The number of pyridine rings is 1. The lowest BCUT2D eigenvalue weighted by Gasteiger charge is -2.09. The summed E-state index contributed by atoms with van der Waals surface area (Å²) in [6, 6.07) is 13.2. The molecule has 2 aromatic carbocycles. The Labute approximate surface area is 173 Å². The van der Waals surface area contributed by atoms with Crippen LogP contribution in [0.15, 0.2) is 72.2 Å². The molecular formula is C23H22N4O3. The number of nitrogens with one attached hydrogen (secondary N) is 2. The van der Waals surface area contributed by atoms with Gasteiger partial charge in [-0.2, -0.15) is 0 Å². The number of hydrogen-bond donors (Lipinski definition) is 2. The molecule has 30 heavy (non-hydrogen) atoms. The first-order chi connectivity index (χ1) is 14.7. The fourth-order valence-corrected chi connectivity index (χ4v) is 3.30. The van der Waals surface area contributed by atoms with Crippen molar-refractivity contribution >= 4 is 16.8 Å². The van der Waals surface area contributed by atoms with Crippen LogP contribution >= 0.6 is 0 Å². The molecular weight excluding hydrogens is 380 g/mol. The number of fused-ring (bicyclic) bond motifs is 1. The van der Waals surface area contributed by atoms with Crippen molar-refractivity contribution in [2.24, 2.45) is 0 Å². The molecule has 152 valence electrons. The first kappa shape index (κ1) is 19.4. The van der Waals surface area contributed by atoms with Crippen molar-refractivity contribution in [1.82, 2.24) is 19.9 Å². The summed E-state index contributed by atoms with van der Waals surface area (Å²) in [7, 11) is 0. The van der Waals surface area contributed by atoms with Crippen LogP contribution in [0.25, 0.3) is 10.9 Å². The Kier molecular flexibility index (Phi) is 5.61. The number of aromatic nitrogens is 3. The van der Waals surface area contributed by atoms with Gasteiger partial charge in [0.15, 0.2) is 0 Å². The average Bonchev–Trinajstić information content (AvgIpc) is 3.27. The molecule has 0 bridgehead atoms. The lowest BCUT2D eigenvalue weighted by Crippen LogP contribution is -2.28. The molecule has 0 unspecified atom stereocenters. The number of H-pyrrole nitrogens is 1. The molecule has 0 saturated carbocycles. The second-order valence-corrected chi connectivity index (χ2v) is 6.88. The Morgan fingerprint density at radius 3 is 2.70 bits per heavy atom. The van der Waals surface area contributed by atoms with E-state index < -0.39 is 5.91 Å². The van der Waals surface area contributed by atoms with Crippen LogP contribution in [0.4, 0.5) is 0 Å². The summed E-state index contributed by atoms with van der Waals surface area (Å²) in [6.07, 6.45) is 6.87. The first-order valence-corrected chi connectivity index (χ1v) is 9.74. The summed E-state index contributed by atoms with van der Waals surface area (Å²) in [5.41, 5.74) is 2.44. The van der Waals surface area contributed by atoms with Gasteiger partial charge in [0.25, 0.3) is 5.91 Å². The average molecular weight is 402 g/mol. The van der Waals surface area contributed by atoms with Gasteiger partial charge in [0.05, 0.1) is 23.8 Å². The van der Waals surface area contributed by atoms with E-state index in [2.05, 4.69) is 15.3 Å². The minimum absolute atomic E-state index is 0.0767. The van der Waals surface area contributed by atoms with Gasteiger partial charge in [-0.1, -0.05) is 30.3 Å². The van der Waals surface area contributed by atoms with Crippen molar-refractivity contribution in [1.29, 1.82) is 0 Å². The lowest BCUT2D eigenvalue weighted by molar-refractivity contribution is 0.0949. The first-order valence-electron chi connectivity index (χ1n) is 9.74. The number of rotatable bonds is 7. The quantitative estimate of drug-likeness (QED) is 0.497. The second-order valence-electron chi connectivity index (χ2n) is 6.88. The number of ether oxygens (including phenoxy) is 1. The molecule has 0 aliphatic heterocycles. The van der Waals surface area contributed by atoms with Gasteiger partial charge in [-0.15, -0.1) is 0 Å². The van der Waals surface area contributed by atoms with Gasteiger partial charge in [0.2, 0.25) is 5.43 Å². The maximum absolute atomic E-state index is 12.8. The third-order valence-corrected chi connectivity index (χ3v) is 4.82. The Balaban J connectivity index is 1.45. The molecule has 0 fully saturated rings. The van der Waals surface area contributed by atoms with Gasteiger partial charge in [-0.3, -0.25) is 9.59 Å². The molecule has 0 aliphatic rings. The summed E-state index contributed by atoms with van der Waals surface area (Å²) in [6.45, 7) is 3.44. The number of aromatic amines is 1. The number of carbonyl (C=O) groups is 1. The van der Waals surface area contributed by atoms with Crippen LogP contribution in [0.3, 0.4) is 0 Å². The summed E-state index contributed by atoms with van der Waals surface area (Å²) in [4.78, 5) is 32.5. The van der Waals surface area contributed by atoms with Gasteiger partial charge in [0, 0.05) is 31.7 Å². The van der Waals surface area contributed by atoms with Crippen LogP contribution in [-0.2, 0) is 13.1 Å². The van der Waals surface area contributed by atoms with Crippen molar-refractivity contribution in [2.45, 2.75) is 20.0 Å². The summed E-state index contributed by atoms with van der Waals surface area (Å²) < 4.78 is 7.53. The lowest BCUT2D eigenvalue weighted by atomic mass is 10.1. The van der Waals surface area contributed by atoms with Crippen molar-refractivity contribution in [3.8, 4) is 5.75 Å². The van der Waals surface area contributed by atoms with Crippen LogP contribution in [0.2, 0.25) is 0 Å². The smallest absolute Gasteiger partial charge is 0.257 e. The molecule has 0 saturated heterocycles. The van der Waals surface area contributed by atoms with Gasteiger partial charge in [-0.05, 0) is 30.2 Å². The largest absolute Gasteiger partial charge is 0.492 e. The Morgan fingerprint density at radius 2 is 1.97 bits per heavy atom. The van der Waals surface area contributed by atoms with Gasteiger partial charge >= 0.3 is 0 Å². The third kappa shape index (κ3) is 4.10. The molecule has 4 rings (SSSR count). The standard InChI is InChI=1S/C23H22N4O3/c1-2-30-20-5-3-4-18-21(20)25-13-19(22(18)28)23(29)26-12-16-6-8-17(9-7-16)14-27-11-10-24-15-27/h3-11,13,15H,2,12,14H2,1H3,(H,25,28)(H,26,29). The number of para-hydroxylation sites is 1. The van der Waals surface area contributed by atoms with E-state index in [9.17, 15) is 9.59 Å². The fourth-order valence-electron chi connectivity index (χ4n) is 3.30. The normalized spacial score (nSPS) is 10.8. The minimum atomic E-state index is -0.414. The highest BCUT2D eigenvalue weighted by molar-refractivity contribution is 5.97. The predicted octanol–water partition coefficient (Wildman–Crippen LogP) is 3.10. The SMILES string of the molecule is CCOc1cccc2c(=O)c(C(=O)NCc3ccc(Cn4ccnc4)cc3)c[nH]c12. The Bertz CT molecular complexity index is 1210.